The van der Waals surface area contributed by atoms with E-state index in [9.17, 15) is 27.7 Å². The van der Waals surface area contributed by atoms with Crippen LogP contribution in [-0.4, -0.2) is 26.4 Å². The van der Waals surface area contributed by atoms with Crippen LogP contribution in [0, 0.1) is 15.9 Å². The lowest BCUT2D eigenvalue weighted by molar-refractivity contribution is -0.384. The van der Waals surface area contributed by atoms with Gasteiger partial charge in [-0.3, -0.25) is 10.1 Å². The lowest BCUT2D eigenvalue weighted by Gasteiger charge is -2.17. The Balaban J connectivity index is 2.34. The van der Waals surface area contributed by atoms with Crippen LogP contribution in [-0.2, 0) is 19.6 Å². The molecule has 1 atom stereocenters. The van der Waals surface area contributed by atoms with Crippen molar-refractivity contribution in [1.29, 1.82) is 0 Å². The normalized spacial score (nSPS) is 12.4. The predicted molar refractivity (Wildman–Crippen MR) is 84.6 cm³/mol. The van der Waals surface area contributed by atoms with Gasteiger partial charge >= 0.3 is 5.97 Å². The number of hydrogen-bond acceptors (Lipinski definition) is 6. The molecular weight excluding hydrogens is 355 g/mol. The van der Waals surface area contributed by atoms with Gasteiger partial charge in [-0.15, -0.1) is 0 Å². The van der Waals surface area contributed by atoms with E-state index in [0.29, 0.717) is 0 Å². The van der Waals surface area contributed by atoms with E-state index in [-0.39, 0.29) is 16.1 Å². The Morgan fingerprint density at radius 3 is 2.20 bits per heavy atom. The third kappa shape index (κ3) is 4.37. The fraction of sp³-hybridized carbons (Fsp3) is 0.133. The van der Waals surface area contributed by atoms with E-state index < -0.39 is 32.8 Å². The van der Waals surface area contributed by atoms with Crippen molar-refractivity contribution >= 4 is 21.7 Å². The van der Waals surface area contributed by atoms with Crippen LogP contribution in [0.2, 0.25) is 0 Å². The Morgan fingerprint density at radius 2 is 1.72 bits per heavy atom. The summed E-state index contributed by atoms with van der Waals surface area (Å²) in [6.07, 6.45) is 0. The van der Waals surface area contributed by atoms with Crippen LogP contribution in [0.1, 0.15) is 11.6 Å². The van der Waals surface area contributed by atoms with Gasteiger partial charge in [-0.25, -0.2) is 17.6 Å². The van der Waals surface area contributed by atoms with E-state index in [1.165, 1.54) is 12.1 Å². The highest BCUT2D eigenvalue weighted by Gasteiger charge is 2.28. The average molecular weight is 368 g/mol. The number of ether oxygens (including phenoxy) is 1. The van der Waals surface area contributed by atoms with Crippen LogP contribution < -0.4 is 4.72 Å². The zero-order valence-corrected chi connectivity index (χ0v) is 13.7. The van der Waals surface area contributed by atoms with Gasteiger partial charge in [-0.1, -0.05) is 12.1 Å². The van der Waals surface area contributed by atoms with Crippen molar-refractivity contribution in [3.8, 4) is 0 Å². The molecule has 0 heterocycles. The van der Waals surface area contributed by atoms with Gasteiger partial charge < -0.3 is 4.74 Å². The average Bonchev–Trinajstić information content (AvgIpc) is 2.60. The zero-order valence-electron chi connectivity index (χ0n) is 12.9. The van der Waals surface area contributed by atoms with E-state index in [1.807, 2.05) is 0 Å². The summed E-state index contributed by atoms with van der Waals surface area (Å²) in [5.41, 5.74) is -0.0965. The quantitative estimate of drug-likeness (QED) is 0.473. The van der Waals surface area contributed by atoms with Crippen molar-refractivity contribution in [1.82, 2.24) is 4.72 Å². The van der Waals surface area contributed by atoms with Gasteiger partial charge in [0.25, 0.3) is 5.69 Å². The molecule has 0 fully saturated rings. The molecule has 0 aliphatic rings. The summed E-state index contributed by atoms with van der Waals surface area (Å²) in [5, 5.41) is 10.6. The maximum Gasteiger partial charge on any atom is 0.328 e. The molecule has 0 spiro atoms. The number of halogens is 1. The number of non-ortho nitro benzene ring substituents is 1. The molecule has 2 rings (SSSR count). The van der Waals surface area contributed by atoms with Gasteiger partial charge in [0.1, 0.15) is 11.9 Å². The SMILES string of the molecule is COC(=O)[C@H](NS(=O)(=O)c1ccc([N+](=O)[O-])cc1)c1ccc(F)cc1. The van der Waals surface area contributed by atoms with Crippen LogP contribution in [0.25, 0.3) is 0 Å². The molecule has 2 aromatic rings. The Morgan fingerprint density at radius 1 is 1.16 bits per heavy atom. The van der Waals surface area contributed by atoms with Crippen LogP contribution in [0.4, 0.5) is 10.1 Å². The molecule has 0 bridgehead atoms. The Hall–Kier alpha value is -2.85. The van der Waals surface area contributed by atoms with E-state index in [1.54, 1.807) is 0 Å². The van der Waals surface area contributed by atoms with Gasteiger partial charge in [-0.05, 0) is 29.8 Å². The molecule has 0 unspecified atom stereocenters. The van der Waals surface area contributed by atoms with Gasteiger partial charge in [0.15, 0.2) is 0 Å². The number of esters is 1. The Bertz CT molecular complexity index is 881. The van der Waals surface area contributed by atoms with Gasteiger partial charge in [-0.2, -0.15) is 4.72 Å². The number of carbonyl (C=O) groups excluding carboxylic acids is 1. The second-order valence-electron chi connectivity index (χ2n) is 4.88. The molecule has 132 valence electrons. The van der Waals surface area contributed by atoms with Gasteiger partial charge in [0, 0.05) is 12.1 Å². The van der Waals surface area contributed by atoms with Crippen molar-refractivity contribution in [3.63, 3.8) is 0 Å². The molecular formula is C15H13FN2O6S. The largest absolute Gasteiger partial charge is 0.468 e. The number of nitro benzene ring substituents is 1. The first-order valence-corrected chi connectivity index (χ1v) is 8.33. The number of nitro groups is 1. The fourth-order valence-corrected chi connectivity index (χ4v) is 3.17. The van der Waals surface area contributed by atoms with Gasteiger partial charge in [0.05, 0.1) is 16.9 Å². The zero-order chi connectivity index (χ0) is 18.6. The maximum absolute atomic E-state index is 13.0. The molecule has 2 aromatic carbocycles. The van der Waals surface area contributed by atoms with Crippen molar-refractivity contribution in [2.45, 2.75) is 10.9 Å². The molecule has 0 saturated heterocycles. The second-order valence-corrected chi connectivity index (χ2v) is 6.59. The lowest BCUT2D eigenvalue weighted by atomic mass is 10.1. The van der Waals surface area contributed by atoms with Crippen molar-refractivity contribution in [2.24, 2.45) is 0 Å². The number of nitrogens with one attached hydrogen (secondary N) is 1. The maximum atomic E-state index is 13.0. The molecule has 0 radical (unpaired) electrons. The molecule has 25 heavy (non-hydrogen) atoms. The van der Waals surface area contributed by atoms with E-state index in [0.717, 1.165) is 43.5 Å². The minimum atomic E-state index is -4.18. The highest BCUT2D eigenvalue weighted by molar-refractivity contribution is 7.89. The summed E-state index contributed by atoms with van der Waals surface area (Å²) >= 11 is 0. The van der Waals surface area contributed by atoms with Crippen molar-refractivity contribution < 1.29 is 27.3 Å². The first-order chi connectivity index (χ1) is 11.7. The minimum Gasteiger partial charge on any atom is -0.468 e. The fourth-order valence-electron chi connectivity index (χ4n) is 2.00. The summed E-state index contributed by atoms with van der Waals surface area (Å²) < 4.78 is 44.6. The molecule has 0 amide bonds. The van der Waals surface area contributed by atoms with Crippen LogP contribution in [0.3, 0.4) is 0 Å². The molecule has 8 nitrogen and oxygen atoms in total. The first kappa shape index (κ1) is 18.5. The van der Waals surface area contributed by atoms with Crippen LogP contribution in [0.5, 0.6) is 0 Å². The summed E-state index contributed by atoms with van der Waals surface area (Å²) in [7, 11) is -3.10. The molecule has 0 aliphatic heterocycles. The van der Waals surface area contributed by atoms with Gasteiger partial charge in [0.2, 0.25) is 10.0 Å². The molecule has 0 aliphatic carbocycles. The minimum absolute atomic E-state index is 0.179. The third-order valence-corrected chi connectivity index (χ3v) is 4.71. The summed E-state index contributed by atoms with van der Waals surface area (Å²) in [5.74, 6) is -1.44. The second kappa shape index (κ2) is 7.36. The summed E-state index contributed by atoms with van der Waals surface area (Å²) in [6.45, 7) is 0. The van der Waals surface area contributed by atoms with Crippen LogP contribution in [0.15, 0.2) is 53.4 Å². The predicted octanol–water partition coefficient (Wildman–Crippen LogP) is 1.93. The smallest absolute Gasteiger partial charge is 0.328 e. The molecule has 10 heteroatoms. The Kier molecular flexibility index (Phi) is 5.45. The van der Waals surface area contributed by atoms with Crippen molar-refractivity contribution in [2.75, 3.05) is 7.11 Å². The number of sulfonamides is 1. The lowest BCUT2D eigenvalue weighted by Crippen LogP contribution is -2.34. The third-order valence-electron chi connectivity index (χ3n) is 3.27. The molecule has 0 saturated carbocycles. The summed E-state index contributed by atoms with van der Waals surface area (Å²) in [6, 6.07) is 7.38. The summed E-state index contributed by atoms with van der Waals surface area (Å²) in [4.78, 5) is 21.6. The topological polar surface area (TPSA) is 116 Å². The monoisotopic (exact) mass is 368 g/mol. The Labute approximate surface area is 142 Å². The number of methoxy groups -OCH3 is 1. The van der Waals surface area contributed by atoms with Crippen molar-refractivity contribution in [3.05, 3.63) is 70.0 Å². The van der Waals surface area contributed by atoms with E-state index in [4.69, 9.17) is 0 Å². The standard InChI is InChI=1S/C15H13FN2O6S/c1-24-15(19)14(10-2-4-11(16)5-3-10)17-25(22,23)13-8-6-12(7-9-13)18(20)21/h2-9,14,17H,1H3/t14-/m1/s1. The number of rotatable bonds is 6. The number of nitrogens with zero attached hydrogens (tertiary/aromatic N) is 1. The molecule has 0 aromatic heterocycles. The molecule has 1 N–H and O–H groups in total. The van der Waals surface area contributed by atoms with Crippen LogP contribution >= 0.6 is 0 Å². The number of carbonyl (C=O) groups is 1. The number of benzene rings is 2. The highest BCUT2D eigenvalue weighted by Crippen LogP contribution is 2.21. The first-order valence-electron chi connectivity index (χ1n) is 6.84. The van der Waals surface area contributed by atoms with E-state index in [2.05, 4.69) is 9.46 Å². The van der Waals surface area contributed by atoms with E-state index >= 15 is 0 Å². The highest BCUT2D eigenvalue weighted by atomic mass is 32.2. The number of hydrogen-bond donors (Lipinski definition) is 1.